The van der Waals surface area contributed by atoms with Gasteiger partial charge in [-0.2, -0.15) is 0 Å². The number of ether oxygens (including phenoxy) is 1. The van der Waals surface area contributed by atoms with Crippen molar-refractivity contribution in [2.75, 3.05) is 11.9 Å². The minimum absolute atomic E-state index is 0.0840. The zero-order valence-electron chi connectivity index (χ0n) is 22.7. The van der Waals surface area contributed by atoms with Crippen molar-refractivity contribution < 1.29 is 19.1 Å². The molecule has 37 heavy (non-hydrogen) atoms. The van der Waals surface area contributed by atoms with Gasteiger partial charge in [0.25, 0.3) is 0 Å². The Morgan fingerprint density at radius 1 is 1.14 bits per heavy atom. The molecule has 4 aliphatic rings. The number of carbonyl (C=O) groups excluding carboxylic acids is 3. The van der Waals surface area contributed by atoms with E-state index < -0.39 is 29.6 Å². The van der Waals surface area contributed by atoms with Crippen LogP contribution in [-0.2, 0) is 19.1 Å². The maximum atomic E-state index is 13.9. The molecule has 8 atom stereocenters. The zero-order valence-corrected chi connectivity index (χ0v) is 22.7. The lowest BCUT2D eigenvalue weighted by molar-refractivity contribution is -0.141. The Kier molecular flexibility index (Phi) is 6.94. The van der Waals surface area contributed by atoms with Gasteiger partial charge in [-0.25, -0.2) is 0 Å². The molecule has 1 spiro atoms. The van der Waals surface area contributed by atoms with Gasteiger partial charge in [0.2, 0.25) is 17.7 Å². The van der Waals surface area contributed by atoms with Crippen LogP contribution in [0.2, 0.25) is 0 Å². The molecule has 7 nitrogen and oxygen atoms in total. The average Bonchev–Trinajstić information content (AvgIpc) is 3.50. The van der Waals surface area contributed by atoms with Gasteiger partial charge >= 0.3 is 0 Å². The topological polar surface area (TPSA) is 87.7 Å². The minimum atomic E-state index is -1.10. The van der Waals surface area contributed by atoms with E-state index in [1.54, 1.807) is 4.90 Å². The van der Waals surface area contributed by atoms with E-state index >= 15 is 0 Å². The Morgan fingerprint density at radius 2 is 1.86 bits per heavy atom. The summed E-state index contributed by atoms with van der Waals surface area (Å²) < 4.78 is 6.43. The maximum Gasteiger partial charge on any atom is 0.246 e. The number of rotatable bonds is 7. The predicted molar refractivity (Wildman–Crippen MR) is 143 cm³/mol. The standard InChI is InChI=1S/C30H41N3O4/c1-6-16-33-26(28(35)32-22-9-7-8-18(4)19(22)5)30-15-14-23(37-30)24(25(30)29(33)36)27(34)31-21-12-10-20(11-13-21)17(2)3/h10-15,17-19,22-26H,6-9,16H2,1-5H3,(H,31,34)(H,32,35). The molecular formula is C30H41N3O4. The quantitative estimate of drug-likeness (QED) is 0.540. The van der Waals surface area contributed by atoms with Crippen LogP contribution in [0.25, 0.3) is 0 Å². The number of anilines is 1. The van der Waals surface area contributed by atoms with E-state index in [1.807, 2.05) is 43.3 Å². The van der Waals surface area contributed by atoms with E-state index in [4.69, 9.17) is 4.74 Å². The van der Waals surface area contributed by atoms with Gasteiger partial charge < -0.3 is 20.3 Å². The Bertz CT molecular complexity index is 1080. The molecule has 2 bridgehead atoms. The number of amides is 3. The number of carbonyl (C=O) groups is 3. The summed E-state index contributed by atoms with van der Waals surface area (Å²) in [6, 6.07) is 7.14. The van der Waals surface area contributed by atoms with Gasteiger partial charge in [0, 0.05) is 18.3 Å². The molecule has 8 unspecified atom stereocenters. The SMILES string of the molecule is CCCN1C(=O)C2C(C(=O)Nc3ccc(C(C)C)cc3)C3C=CC2(O3)C1C(=O)NC1CCCC(C)C1C. The molecule has 3 heterocycles. The summed E-state index contributed by atoms with van der Waals surface area (Å²) in [7, 11) is 0. The lowest BCUT2D eigenvalue weighted by Gasteiger charge is -2.38. The second-order valence-corrected chi connectivity index (χ2v) is 11.9. The molecule has 3 aliphatic heterocycles. The van der Waals surface area contributed by atoms with Crippen molar-refractivity contribution in [2.45, 2.75) is 90.0 Å². The number of likely N-dealkylation sites (tertiary alicyclic amines) is 1. The highest BCUT2D eigenvalue weighted by Gasteiger charge is 2.72. The van der Waals surface area contributed by atoms with E-state index in [0.29, 0.717) is 30.0 Å². The van der Waals surface area contributed by atoms with Crippen LogP contribution in [0.3, 0.4) is 0 Å². The molecule has 1 aromatic rings. The summed E-state index contributed by atoms with van der Waals surface area (Å²) in [6.45, 7) is 11.1. The van der Waals surface area contributed by atoms with E-state index in [-0.39, 0.29) is 23.8 Å². The van der Waals surface area contributed by atoms with Crippen LogP contribution >= 0.6 is 0 Å². The van der Waals surface area contributed by atoms with Crippen molar-refractivity contribution in [2.24, 2.45) is 23.7 Å². The fourth-order valence-corrected chi connectivity index (χ4v) is 6.97. The fourth-order valence-electron chi connectivity index (χ4n) is 6.97. The highest BCUT2D eigenvalue weighted by Crippen LogP contribution is 2.55. The first kappa shape index (κ1) is 26.0. The third kappa shape index (κ3) is 4.29. The third-order valence-corrected chi connectivity index (χ3v) is 9.27. The Labute approximate surface area is 220 Å². The van der Waals surface area contributed by atoms with Crippen LogP contribution in [0.4, 0.5) is 5.69 Å². The second kappa shape index (κ2) is 9.90. The largest absolute Gasteiger partial charge is 0.359 e. The molecule has 1 aliphatic carbocycles. The first-order valence-electron chi connectivity index (χ1n) is 14.1. The van der Waals surface area contributed by atoms with Crippen molar-refractivity contribution in [3.05, 3.63) is 42.0 Å². The van der Waals surface area contributed by atoms with Gasteiger partial charge in [-0.15, -0.1) is 0 Å². The highest BCUT2D eigenvalue weighted by molar-refractivity contribution is 6.02. The molecule has 5 rings (SSSR count). The van der Waals surface area contributed by atoms with Gasteiger partial charge in [-0.05, 0) is 48.3 Å². The monoisotopic (exact) mass is 507 g/mol. The van der Waals surface area contributed by atoms with Gasteiger partial charge in [0.15, 0.2) is 0 Å². The Balaban J connectivity index is 1.39. The van der Waals surface area contributed by atoms with E-state index in [1.165, 1.54) is 12.0 Å². The van der Waals surface area contributed by atoms with Crippen molar-refractivity contribution in [3.8, 4) is 0 Å². The summed E-state index contributed by atoms with van der Waals surface area (Å²) in [5.74, 6) is -0.616. The molecule has 3 fully saturated rings. The number of fused-ring (bicyclic) bond motifs is 1. The summed E-state index contributed by atoms with van der Waals surface area (Å²) in [6.07, 6.45) is 7.17. The number of benzene rings is 1. The van der Waals surface area contributed by atoms with Crippen molar-refractivity contribution in [1.82, 2.24) is 10.2 Å². The number of hydrogen-bond acceptors (Lipinski definition) is 4. The summed E-state index contributed by atoms with van der Waals surface area (Å²) in [4.78, 5) is 42.9. The van der Waals surface area contributed by atoms with E-state index in [9.17, 15) is 14.4 Å². The molecule has 2 N–H and O–H groups in total. The molecule has 7 heteroatoms. The van der Waals surface area contributed by atoms with Crippen molar-refractivity contribution >= 4 is 23.4 Å². The Hall–Kier alpha value is -2.67. The lowest BCUT2D eigenvalue weighted by Crippen LogP contribution is -2.57. The van der Waals surface area contributed by atoms with E-state index in [0.717, 1.165) is 19.3 Å². The summed E-state index contributed by atoms with van der Waals surface area (Å²) >= 11 is 0. The fraction of sp³-hybridized carbons (Fsp3) is 0.633. The maximum absolute atomic E-state index is 13.9. The molecule has 0 aromatic heterocycles. The van der Waals surface area contributed by atoms with Crippen LogP contribution in [0.5, 0.6) is 0 Å². The number of hydrogen-bond donors (Lipinski definition) is 2. The average molecular weight is 508 g/mol. The molecule has 2 saturated heterocycles. The summed E-state index contributed by atoms with van der Waals surface area (Å²) in [5, 5.41) is 6.30. The molecule has 1 aromatic carbocycles. The predicted octanol–water partition coefficient (Wildman–Crippen LogP) is 4.25. The van der Waals surface area contributed by atoms with Crippen molar-refractivity contribution in [3.63, 3.8) is 0 Å². The first-order chi connectivity index (χ1) is 17.7. The number of nitrogens with one attached hydrogen (secondary N) is 2. The van der Waals surface area contributed by atoms with Crippen LogP contribution in [0.1, 0.15) is 71.8 Å². The molecule has 200 valence electrons. The van der Waals surface area contributed by atoms with Gasteiger partial charge in [0.05, 0.1) is 17.9 Å². The minimum Gasteiger partial charge on any atom is -0.359 e. The van der Waals surface area contributed by atoms with Gasteiger partial charge in [-0.3, -0.25) is 14.4 Å². The normalized spacial score (nSPS) is 36.2. The second-order valence-electron chi connectivity index (χ2n) is 11.9. The highest BCUT2D eigenvalue weighted by atomic mass is 16.5. The molecular weight excluding hydrogens is 466 g/mol. The zero-order chi connectivity index (χ0) is 26.5. The summed E-state index contributed by atoms with van der Waals surface area (Å²) in [5.41, 5.74) is 0.786. The Morgan fingerprint density at radius 3 is 2.54 bits per heavy atom. The van der Waals surface area contributed by atoms with Crippen molar-refractivity contribution in [1.29, 1.82) is 0 Å². The van der Waals surface area contributed by atoms with Crippen LogP contribution in [-0.4, -0.2) is 53.0 Å². The van der Waals surface area contributed by atoms with E-state index in [2.05, 4.69) is 38.3 Å². The van der Waals surface area contributed by atoms with Crippen LogP contribution < -0.4 is 10.6 Å². The van der Waals surface area contributed by atoms with Crippen LogP contribution in [0.15, 0.2) is 36.4 Å². The smallest absolute Gasteiger partial charge is 0.246 e. The van der Waals surface area contributed by atoms with Gasteiger partial charge in [-0.1, -0.05) is 71.7 Å². The van der Waals surface area contributed by atoms with Crippen LogP contribution in [0, 0.1) is 23.7 Å². The first-order valence-corrected chi connectivity index (χ1v) is 14.1. The molecule has 3 amide bonds. The third-order valence-electron chi connectivity index (χ3n) is 9.27. The molecule has 1 saturated carbocycles. The molecule has 0 radical (unpaired) electrons. The van der Waals surface area contributed by atoms with Gasteiger partial charge in [0.1, 0.15) is 11.6 Å². The number of nitrogens with zero attached hydrogens (tertiary/aromatic N) is 1. The lowest BCUT2D eigenvalue weighted by atomic mass is 9.73.